The molecule has 9 heteroatoms. The number of carbonyl (C=O) groups is 1. The third kappa shape index (κ3) is 5.83. The lowest BCUT2D eigenvalue weighted by molar-refractivity contribution is -0.135. The molecule has 1 aromatic rings. The predicted octanol–water partition coefficient (Wildman–Crippen LogP) is 2.65. The first-order valence-corrected chi connectivity index (χ1v) is 5.92. The second-order valence-electron chi connectivity index (χ2n) is 3.19. The number of aromatic nitrogens is 2. The first kappa shape index (κ1) is 14.2. The van der Waals surface area contributed by atoms with Crippen molar-refractivity contribution in [1.82, 2.24) is 15.5 Å². The van der Waals surface area contributed by atoms with Gasteiger partial charge in [-0.2, -0.15) is 13.2 Å². The van der Waals surface area contributed by atoms with Gasteiger partial charge in [-0.1, -0.05) is 11.3 Å². The summed E-state index contributed by atoms with van der Waals surface area (Å²) in [6.07, 6.45) is -4.73. The van der Waals surface area contributed by atoms with Crippen LogP contribution < -0.4 is 5.32 Å². The molecule has 17 heavy (non-hydrogen) atoms. The number of amides is 1. The van der Waals surface area contributed by atoms with E-state index in [2.05, 4.69) is 15.5 Å². The molecule has 0 radical (unpaired) electrons. The number of hydrogen-bond donors (Lipinski definition) is 1. The molecule has 0 aliphatic heterocycles. The van der Waals surface area contributed by atoms with Crippen molar-refractivity contribution in [2.24, 2.45) is 0 Å². The van der Waals surface area contributed by atoms with E-state index in [1.807, 2.05) is 0 Å². The Bertz CT molecular complexity index is 382. The molecule has 0 spiro atoms. The first-order chi connectivity index (χ1) is 7.88. The van der Waals surface area contributed by atoms with Crippen molar-refractivity contribution in [2.45, 2.75) is 25.4 Å². The average Bonchev–Trinajstić information content (AvgIpc) is 2.62. The third-order valence-corrected chi connectivity index (χ3v) is 2.78. The highest BCUT2D eigenvalue weighted by Crippen LogP contribution is 2.21. The van der Waals surface area contributed by atoms with Gasteiger partial charge in [-0.25, -0.2) is 0 Å². The maximum absolute atomic E-state index is 11.8. The Morgan fingerprint density at radius 3 is 2.59 bits per heavy atom. The number of hydrogen-bond acceptors (Lipinski definition) is 4. The molecule has 4 nitrogen and oxygen atoms in total. The van der Waals surface area contributed by atoms with E-state index in [4.69, 9.17) is 11.6 Å². The molecule has 1 aromatic heterocycles. The zero-order valence-corrected chi connectivity index (χ0v) is 10.1. The fourth-order valence-electron chi connectivity index (χ4n) is 1.03. The Balaban J connectivity index is 2.17. The molecule has 1 heterocycles. The normalized spacial score (nSPS) is 11.5. The summed E-state index contributed by atoms with van der Waals surface area (Å²) in [7, 11) is 0. The fourth-order valence-corrected chi connectivity index (χ4v) is 1.77. The van der Waals surface area contributed by atoms with Gasteiger partial charge in [-0.3, -0.25) is 4.79 Å². The molecule has 96 valence electrons. The number of alkyl halides is 3. The van der Waals surface area contributed by atoms with Gasteiger partial charge in [-0.15, -0.1) is 10.2 Å². The van der Waals surface area contributed by atoms with E-state index in [0.717, 1.165) is 11.3 Å². The number of rotatable bonds is 5. The van der Waals surface area contributed by atoms with E-state index >= 15 is 0 Å². The summed E-state index contributed by atoms with van der Waals surface area (Å²) in [5.74, 6) is -0.471. The molecule has 1 rings (SSSR count). The summed E-state index contributed by atoms with van der Waals surface area (Å²) in [6.45, 7) is 0.173. The van der Waals surface area contributed by atoms with Crippen molar-refractivity contribution in [3.63, 3.8) is 0 Å². The van der Waals surface area contributed by atoms with E-state index in [9.17, 15) is 18.0 Å². The molecule has 0 bridgehead atoms. The van der Waals surface area contributed by atoms with Crippen LogP contribution in [0.25, 0.3) is 0 Å². The standard InChI is InChI=1S/C8H9ClF3N3OS/c9-7-15-14-6(17-7)5(16)13-4-2-1-3-8(10,11)12/h1-4H2,(H,13,16). The Labute approximate surface area is 104 Å². The minimum atomic E-state index is -4.14. The smallest absolute Gasteiger partial charge is 0.350 e. The first-order valence-electron chi connectivity index (χ1n) is 4.72. The van der Waals surface area contributed by atoms with E-state index in [1.165, 1.54) is 0 Å². The van der Waals surface area contributed by atoms with Crippen molar-refractivity contribution >= 4 is 28.8 Å². The highest BCUT2D eigenvalue weighted by molar-refractivity contribution is 7.17. The van der Waals surface area contributed by atoms with E-state index < -0.39 is 18.5 Å². The average molecular weight is 288 g/mol. The minimum Gasteiger partial charge on any atom is -0.350 e. The molecular formula is C8H9ClF3N3OS. The Morgan fingerprint density at radius 1 is 1.35 bits per heavy atom. The Hall–Kier alpha value is -0.890. The highest BCUT2D eigenvalue weighted by atomic mass is 35.5. The second-order valence-corrected chi connectivity index (χ2v) is 4.75. The van der Waals surface area contributed by atoms with Gasteiger partial charge in [-0.05, 0) is 24.4 Å². The Morgan fingerprint density at radius 2 is 2.06 bits per heavy atom. The lowest BCUT2D eigenvalue weighted by Crippen LogP contribution is -2.24. The molecule has 0 aromatic carbocycles. The van der Waals surface area contributed by atoms with Gasteiger partial charge in [0.15, 0.2) is 0 Å². The van der Waals surface area contributed by atoms with Crippen LogP contribution in [0.4, 0.5) is 13.2 Å². The number of unbranched alkanes of at least 4 members (excludes halogenated alkanes) is 1. The van der Waals surface area contributed by atoms with Crippen molar-refractivity contribution in [3.05, 3.63) is 9.47 Å². The van der Waals surface area contributed by atoms with E-state index in [-0.39, 0.29) is 28.9 Å². The van der Waals surface area contributed by atoms with Crippen LogP contribution in [0.1, 0.15) is 29.1 Å². The number of nitrogens with one attached hydrogen (secondary N) is 1. The lowest BCUT2D eigenvalue weighted by atomic mass is 10.2. The predicted molar refractivity (Wildman–Crippen MR) is 57.2 cm³/mol. The van der Waals surface area contributed by atoms with Gasteiger partial charge in [0, 0.05) is 13.0 Å². The molecule has 0 saturated heterocycles. The molecule has 1 amide bonds. The maximum atomic E-state index is 11.8. The monoisotopic (exact) mass is 287 g/mol. The molecule has 0 unspecified atom stereocenters. The van der Waals surface area contributed by atoms with Crippen LogP contribution in [0.5, 0.6) is 0 Å². The highest BCUT2D eigenvalue weighted by Gasteiger charge is 2.25. The van der Waals surface area contributed by atoms with Gasteiger partial charge < -0.3 is 5.32 Å². The molecule has 0 atom stereocenters. The molecule has 1 N–H and O–H groups in total. The summed E-state index contributed by atoms with van der Waals surface area (Å²) in [6, 6.07) is 0. The van der Waals surface area contributed by atoms with Crippen molar-refractivity contribution < 1.29 is 18.0 Å². The van der Waals surface area contributed by atoms with Gasteiger partial charge >= 0.3 is 6.18 Å². The molecule has 0 fully saturated rings. The quantitative estimate of drug-likeness (QED) is 0.847. The summed E-state index contributed by atoms with van der Waals surface area (Å²) < 4.78 is 35.5. The van der Waals surface area contributed by atoms with Gasteiger partial charge in [0.05, 0.1) is 0 Å². The minimum absolute atomic E-state index is 0.0132. The summed E-state index contributed by atoms with van der Waals surface area (Å²) in [5, 5.41) is 9.48. The van der Waals surface area contributed by atoms with Crippen LogP contribution in [-0.2, 0) is 0 Å². The van der Waals surface area contributed by atoms with Crippen molar-refractivity contribution in [2.75, 3.05) is 6.54 Å². The zero-order chi connectivity index (χ0) is 12.9. The zero-order valence-electron chi connectivity index (χ0n) is 8.55. The van der Waals surface area contributed by atoms with Crippen molar-refractivity contribution in [3.8, 4) is 0 Å². The Kier molecular flexibility index (Phi) is 5.13. The van der Waals surface area contributed by atoms with E-state index in [0.29, 0.717) is 0 Å². The van der Waals surface area contributed by atoms with Gasteiger partial charge in [0.25, 0.3) is 5.91 Å². The van der Waals surface area contributed by atoms with Crippen LogP contribution in [0.2, 0.25) is 4.47 Å². The van der Waals surface area contributed by atoms with Gasteiger partial charge in [0.1, 0.15) is 0 Å². The lowest BCUT2D eigenvalue weighted by Gasteiger charge is -2.05. The molecule has 0 saturated carbocycles. The van der Waals surface area contributed by atoms with E-state index in [1.54, 1.807) is 0 Å². The van der Waals surface area contributed by atoms with Crippen LogP contribution in [0.3, 0.4) is 0 Å². The largest absolute Gasteiger partial charge is 0.389 e. The third-order valence-electron chi connectivity index (χ3n) is 1.77. The molecule has 0 aliphatic rings. The fraction of sp³-hybridized carbons (Fsp3) is 0.625. The summed E-state index contributed by atoms with van der Waals surface area (Å²) in [5.41, 5.74) is 0. The maximum Gasteiger partial charge on any atom is 0.389 e. The SMILES string of the molecule is O=C(NCCCCC(F)(F)F)c1nnc(Cl)s1. The van der Waals surface area contributed by atoms with Gasteiger partial charge in [0.2, 0.25) is 9.47 Å². The van der Waals surface area contributed by atoms with Crippen LogP contribution in [0.15, 0.2) is 0 Å². The molecule has 0 aliphatic carbocycles. The number of nitrogens with zero attached hydrogens (tertiary/aromatic N) is 2. The number of halogens is 4. The topological polar surface area (TPSA) is 54.9 Å². The van der Waals surface area contributed by atoms with Crippen LogP contribution >= 0.6 is 22.9 Å². The van der Waals surface area contributed by atoms with Crippen LogP contribution in [0, 0.1) is 0 Å². The second kappa shape index (κ2) is 6.15. The summed E-state index contributed by atoms with van der Waals surface area (Å²) in [4.78, 5) is 11.3. The van der Waals surface area contributed by atoms with Crippen LogP contribution in [-0.4, -0.2) is 28.8 Å². The molecular weight excluding hydrogens is 279 g/mol. The van der Waals surface area contributed by atoms with Crippen molar-refractivity contribution in [1.29, 1.82) is 0 Å². The number of carbonyl (C=O) groups excluding carboxylic acids is 1. The summed E-state index contributed by atoms with van der Waals surface area (Å²) >= 11 is 6.39.